The van der Waals surface area contributed by atoms with E-state index >= 15 is 0 Å². The molecule has 72 valence electrons. The van der Waals surface area contributed by atoms with Gasteiger partial charge in [0.2, 0.25) is 1.66 Å². The molecule has 0 unspecified atom stereocenters. The highest BCUT2D eigenvalue weighted by atomic mass is 127. The summed E-state index contributed by atoms with van der Waals surface area (Å²) < 4.78 is 21.2. The third-order valence-electron chi connectivity index (χ3n) is 1.91. The van der Waals surface area contributed by atoms with Crippen LogP contribution in [0.25, 0.3) is 0 Å². The van der Waals surface area contributed by atoms with Gasteiger partial charge < -0.3 is 5.11 Å². The van der Waals surface area contributed by atoms with Crippen molar-refractivity contribution in [3.63, 3.8) is 0 Å². The van der Waals surface area contributed by atoms with Gasteiger partial charge in [-0.3, -0.25) is 0 Å². The van der Waals surface area contributed by atoms with Crippen molar-refractivity contribution in [3.05, 3.63) is 0 Å². The predicted octanol–water partition coefficient (Wildman–Crippen LogP) is 1.29. The van der Waals surface area contributed by atoms with Crippen molar-refractivity contribution >= 4 is 48.4 Å². The number of halogens is 2. The highest BCUT2D eigenvalue weighted by Gasteiger charge is 2.49. The first-order valence-electron chi connectivity index (χ1n) is 3.52. The number of hydrogen-bond donors (Lipinski definition) is 1. The largest absolute Gasteiger partial charge is 0.389 e. The zero-order valence-corrected chi connectivity index (χ0v) is 11.1. The minimum absolute atomic E-state index is 0.149. The van der Waals surface area contributed by atoms with E-state index in [-0.39, 0.29) is 5.92 Å². The van der Waals surface area contributed by atoms with E-state index in [0.717, 1.165) is 19.1 Å². The standard InChI is InChI=1S/C6H10BrIO3S/c1-12(10,11)6(7,8)5(9)4-2-3-4/h4-5,9H,2-3H2,1H3/t5-,6+/m1/s1. The molecule has 0 aromatic carbocycles. The lowest BCUT2D eigenvalue weighted by atomic mass is 10.3. The molecule has 1 rings (SSSR count). The fourth-order valence-corrected chi connectivity index (χ4v) is 2.42. The quantitative estimate of drug-likeness (QED) is 0.603. The second kappa shape index (κ2) is 3.36. The highest BCUT2D eigenvalue weighted by molar-refractivity contribution is 14.1. The lowest BCUT2D eigenvalue weighted by Gasteiger charge is -2.24. The normalized spacial score (nSPS) is 26.3. The second-order valence-corrected chi connectivity index (χ2v) is 11.0. The van der Waals surface area contributed by atoms with E-state index < -0.39 is 17.6 Å². The molecule has 0 aliphatic heterocycles. The molecule has 0 aromatic rings. The molecule has 0 spiro atoms. The van der Waals surface area contributed by atoms with Gasteiger partial charge in [-0.1, -0.05) is 15.9 Å². The van der Waals surface area contributed by atoms with Crippen LogP contribution in [0, 0.1) is 5.92 Å². The van der Waals surface area contributed by atoms with E-state index in [9.17, 15) is 13.5 Å². The summed E-state index contributed by atoms with van der Waals surface area (Å²) in [6.07, 6.45) is 2.17. The summed E-state index contributed by atoms with van der Waals surface area (Å²) in [6.45, 7) is 0. The van der Waals surface area contributed by atoms with Gasteiger partial charge in [-0.25, -0.2) is 8.42 Å². The molecule has 12 heavy (non-hydrogen) atoms. The molecule has 1 aliphatic rings. The number of aliphatic hydroxyl groups is 1. The van der Waals surface area contributed by atoms with Crippen LogP contribution in [0.1, 0.15) is 12.8 Å². The van der Waals surface area contributed by atoms with Crippen molar-refractivity contribution in [1.82, 2.24) is 0 Å². The fraction of sp³-hybridized carbons (Fsp3) is 1.00. The smallest absolute Gasteiger partial charge is 0.202 e. The summed E-state index contributed by atoms with van der Waals surface area (Å²) in [5, 5.41) is 9.62. The van der Waals surface area contributed by atoms with Crippen LogP contribution in [0.2, 0.25) is 0 Å². The predicted molar refractivity (Wildman–Crippen MR) is 59.3 cm³/mol. The average Bonchev–Trinajstić information content (AvgIpc) is 2.64. The molecule has 1 fully saturated rings. The summed E-state index contributed by atoms with van der Waals surface area (Å²) in [7, 11) is -3.25. The Bertz CT molecular complexity index is 271. The summed E-state index contributed by atoms with van der Waals surface area (Å²) >= 11 is 4.80. The van der Waals surface area contributed by atoms with Gasteiger partial charge in [-0.15, -0.1) is 0 Å². The third kappa shape index (κ3) is 2.13. The van der Waals surface area contributed by atoms with E-state index in [4.69, 9.17) is 0 Å². The zero-order chi connectivity index (χ0) is 9.57. The van der Waals surface area contributed by atoms with Crippen molar-refractivity contribution in [2.75, 3.05) is 6.26 Å². The molecule has 1 saturated carbocycles. The van der Waals surface area contributed by atoms with Crippen LogP contribution >= 0.6 is 38.5 Å². The van der Waals surface area contributed by atoms with Crippen LogP contribution in [0.5, 0.6) is 0 Å². The molecule has 2 atom stereocenters. The third-order valence-corrected chi connectivity index (χ3v) is 8.41. The molecule has 0 aromatic heterocycles. The van der Waals surface area contributed by atoms with Gasteiger partial charge in [0.15, 0.2) is 9.84 Å². The summed E-state index contributed by atoms with van der Waals surface area (Å²) in [5.41, 5.74) is 0. The van der Waals surface area contributed by atoms with Gasteiger partial charge in [0.25, 0.3) is 0 Å². The van der Waals surface area contributed by atoms with Gasteiger partial charge >= 0.3 is 0 Å². The number of rotatable bonds is 3. The van der Waals surface area contributed by atoms with Crippen LogP contribution in [0.4, 0.5) is 0 Å². The monoisotopic (exact) mass is 368 g/mol. The van der Waals surface area contributed by atoms with E-state index in [1.807, 2.05) is 0 Å². The Morgan fingerprint density at radius 3 is 2.33 bits per heavy atom. The topological polar surface area (TPSA) is 54.4 Å². The lowest BCUT2D eigenvalue weighted by Crippen LogP contribution is -2.38. The number of aliphatic hydroxyl groups excluding tert-OH is 1. The van der Waals surface area contributed by atoms with Crippen molar-refractivity contribution < 1.29 is 13.5 Å². The fourth-order valence-electron chi connectivity index (χ4n) is 0.906. The number of alkyl halides is 2. The second-order valence-electron chi connectivity index (χ2n) is 3.12. The molecule has 0 heterocycles. The van der Waals surface area contributed by atoms with Gasteiger partial charge in [0, 0.05) is 6.26 Å². The van der Waals surface area contributed by atoms with Gasteiger partial charge in [0.1, 0.15) is 0 Å². The number of sulfone groups is 1. The van der Waals surface area contributed by atoms with Crippen molar-refractivity contribution in [2.24, 2.45) is 5.92 Å². The maximum absolute atomic E-state index is 11.2. The van der Waals surface area contributed by atoms with Crippen molar-refractivity contribution in [2.45, 2.75) is 20.6 Å². The maximum Gasteiger partial charge on any atom is 0.202 e. The molecule has 3 nitrogen and oxygen atoms in total. The zero-order valence-electron chi connectivity index (χ0n) is 6.50. The lowest BCUT2D eigenvalue weighted by molar-refractivity contribution is 0.164. The van der Waals surface area contributed by atoms with Crippen LogP contribution in [0.15, 0.2) is 0 Å². The minimum atomic E-state index is -3.25. The summed E-state index contributed by atoms with van der Waals surface area (Å²) in [5.74, 6) is 0.149. The summed E-state index contributed by atoms with van der Waals surface area (Å²) in [6, 6.07) is 0. The molecule has 0 radical (unpaired) electrons. The number of hydrogen-bond acceptors (Lipinski definition) is 3. The Kier molecular flexibility index (Phi) is 3.13. The van der Waals surface area contributed by atoms with E-state index in [2.05, 4.69) is 15.9 Å². The Morgan fingerprint density at radius 1 is 1.67 bits per heavy atom. The maximum atomic E-state index is 11.2. The average molecular weight is 369 g/mol. The van der Waals surface area contributed by atoms with E-state index in [1.165, 1.54) is 0 Å². The first-order chi connectivity index (χ1) is 5.27. The molecule has 0 amide bonds. The van der Waals surface area contributed by atoms with Crippen molar-refractivity contribution in [3.8, 4) is 0 Å². The molecule has 0 saturated heterocycles. The Balaban J connectivity index is 2.83. The van der Waals surface area contributed by atoms with E-state index in [0.29, 0.717) is 0 Å². The van der Waals surface area contributed by atoms with Crippen LogP contribution < -0.4 is 0 Å². The SMILES string of the molecule is CS(=O)(=O)[C@@](Br)(I)[C@H](O)C1CC1. The first-order valence-corrected chi connectivity index (χ1v) is 7.28. The van der Waals surface area contributed by atoms with Crippen LogP contribution in [-0.4, -0.2) is 27.5 Å². The van der Waals surface area contributed by atoms with Crippen LogP contribution in [-0.2, 0) is 9.84 Å². The molecule has 1 aliphatic carbocycles. The van der Waals surface area contributed by atoms with Gasteiger partial charge in [-0.2, -0.15) is 0 Å². The molecular formula is C6H10BrIO3S. The van der Waals surface area contributed by atoms with E-state index in [1.54, 1.807) is 22.6 Å². The molecular weight excluding hydrogens is 359 g/mol. The van der Waals surface area contributed by atoms with Gasteiger partial charge in [0.05, 0.1) is 6.10 Å². The van der Waals surface area contributed by atoms with Crippen molar-refractivity contribution in [1.29, 1.82) is 0 Å². The van der Waals surface area contributed by atoms with Gasteiger partial charge in [-0.05, 0) is 41.4 Å². The molecule has 0 bridgehead atoms. The highest BCUT2D eigenvalue weighted by Crippen LogP contribution is 2.46. The summed E-state index contributed by atoms with van der Waals surface area (Å²) in [4.78, 5) is 0. The molecule has 6 heteroatoms. The van der Waals surface area contributed by atoms with Crippen LogP contribution in [0.3, 0.4) is 0 Å². The minimum Gasteiger partial charge on any atom is -0.389 e. The Hall–Kier alpha value is 1.12. The Morgan fingerprint density at radius 2 is 2.08 bits per heavy atom. The first kappa shape index (κ1) is 11.2. The molecule has 1 N–H and O–H groups in total. The Labute approximate surface area is 94.1 Å².